The fourth-order valence-corrected chi connectivity index (χ4v) is 3.30. The number of aromatic nitrogens is 2. The van der Waals surface area contributed by atoms with Gasteiger partial charge in [-0.25, -0.2) is 4.98 Å². The number of H-pyrrole nitrogens is 1. The lowest BCUT2D eigenvalue weighted by atomic mass is 10.3. The molecule has 0 saturated carbocycles. The predicted octanol–water partition coefficient (Wildman–Crippen LogP) is 4.96. The second-order valence-corrected chi connectivity index (χ2v) is 7.11. The zero-order chi connectivity index (χ0) is 20.9. The van der Waals surface area contributed by atoms with Crippen LogP contribution < -0.4 is 9.47 Å². The van der Waals surface area contributed by atoms with Crippen LogP contribution in [0.5, 0.6) is 17.2 Å². The molecule has 150 valence electrons. The lowest BCUT2D eigenvalue weighted by molar-refractivity contribution is -0.384. The summed E-state index contributed by atoms with van der Waals surface area (Å²) in [7, 11) is 0. The van der Waals surface area contributed by atoms with Gasteiger partial charge in [-0.1, -0.05) is 30.0 Å². The van der Waals surface area contributed by atoms with Crippen molar-refractivity contribution in [2.45, 2.75) is 5.16 Å². The molecule has 1 aromatic heterocycles. The number of imidazole rings is 1. The Kier molecular flexibility index (Phi) is 5.62. The third-order valence-corrected chi connectivity index (χ3v) is 4.86. The van der Waals surface area contributed by atoms with Crippen LogP contribution in [0.1, 0.15) is 0 Å². The van der Waals surface area contributed by atoms with Gasteiger partial charge in [0.05, 0.1) is 21.7 Å². The van der Waals surface area contributed by atoms with Crippen LogP contribution in [-0.4, -0.2) is 26.6 Å². The number of carbonyl (C=O) groups is 1. The molecule has 4 rings (SSSR count). The molecular formula is C21H15N3O5S. The molecule has 0 atom stereocenters. The number of non-ortho nitro benzene ring substituents is 1. The Bertz CT molecular complexity index is 1190. The average molecular weight is 421 g/mol. The van der Waals surface area contributed by atoms with E-state index in [-0.39, 0.29) is 11.4 Å². The van der Waals surface area contributed by atoms with Crippen molar-refractivity contribution >= 4 is 34.5 Å². The summed E-state index contributed by atoms with van der Waals surface area (Å²) >= 11 is 1.16. The Morgan fingerprint density at radius 1 is 1.00 bits per heavy atom. The van der Waals surface area contributed by atoms with E-state index in [1.54, 1.807) is 30.3 Å². The second kappa shape index (κ2) is 8.66. The van der Waals surface area contributed by atoms with Crippen molar-refractivity contribution in [1.29, 1.82) is 0 Å². The van der Waals surface area contributed by atoms with Gasteiger partial charge >= 0.3 is 5.97 Å². The molecule has 1 heterocycles. The molecule has 0 saturated heterocycles. The summed E-state index contributed by atoms with van der Waals surface area (Å²) in [5, 5.41) is 11.3. The third kappa shape index (κ3) is 4.76. The van der Waals surface area contributed by atoms with Gasteiger partial charge in [-0.15, -0.1) is 0 Å². The monoisotopic (exact) mass is 421 g/mol. The predicted molar refractivity (Wildman–Crippen MR) is 112 cm³/mol. The van der Waals surface area contributed by atoms with Gasteiger partial charge in [-0.05, 0) is 42.5 Å². The van der Waals surface area contributed by atoms with Crippen LogP contribution in [0.15, 0.2) is 78.0 Å². The number of thioether (sulfide) groups is 1. The molecule has 0 unspecified atom stereocenters. The normalized spacial score (nSPS) is 10.7. The molecule has 0 amide bonds. The molecule has 1 N–H and O–H groups in total. The fourth-order valence-electron chi connectivity index (χ4n) is 2.64. The number of nitrogens with zero attached hydrogens (tertiary/aromatic N) is 2. The average Bonchev–Trinajstić information content (AvgIpc) is 3.16. The molecule has 0 aliphatic rings. The number of nitrogens with one attached hydrogen (secondary N) is 1. The van der Waals surface area contributed by atoms with E-state index in [1.165, 1.54) is 12.1 Å². The molecule has 8 nitrogen and oxygen atoms in total. The molecule has 0 aliphatic heterocycles. The summed E-state index contributed by atoms with van der Waals surface area (Å²) in [5.41, 5.74) is 1.09. The highest BCUT2D eigenvalue weighted by Crippen LogP contribution is 2.25. The van der Waals surface area contributed by atoms with E-state index in [1.807, 2.05) is 30.3 Å². The van der Waals surface area contributed by atoms with Crippen molar-refractivity contribution < 1.29 is 19.2 Å². The van der Waals surface area contributed by atoms with Crippen molar-refractivity contribution in [2.75, 3.05) is 5.75 Å². The number of hydrogen-bond donors (Lipinski definition) is 1. The summed E-state index contributed by atoms with van der Waals surface area (Å²) in [4.78, 5) is 29.8. The number of ether oxygens (including phenoxy) is 2. The highest BCUT2D eigenvalue weighted by atomic mass is 32.2. The maximum atomic E-state index is 12.1. The number of rotatable bonds is 7. The first-order chi connectivity index (χ1) is 14.6. The molecular weight excluding hydrogens is 406 g/mol. The number of fused-ring (bicyclic) bond motifs is 1. The molecule has 0 bridgehead atoms. The number of esters is 1. The van der Waals surface area contributed by atoms with Crippen LogP contribution in [0, 0.1) is 10.1 Å². The first-order valence-corrected chi connectivity index (χ1v) is 9.86. The highest BCUT2D eigenvalue weighted by Gasteiger charge is 2.12. The molecule has 0 fully saturated rings. The van der Waals surface area contributed by atoms with Gasteiger partial charge in [0.25, 0.3) is 5.69 Å². The Morgan fingerprint density at radius 3 is 2.43 bits per heavy atom. The summed E-state index contributed by atoms with van der Waals surface area (Å²) in [6.07, 6.45) is 0. The minimum atomic E-state index is -0.478. The lowest BCUT2D eigenvalue weighted by Gasteiger charge is -2.07. The number of aromatic amines is 1. The van der Waals surface area contributed by atoms with E-state index in [0.717, 1.165) is 17.5 Å². The van der Waals surface area contributed by atoms with E-state index in [4.69, 9.17) is 9.47 Å². The minimum absolute atomic E-state index is 0.0319. The quantitative estimate of drug-likeness (QED) is 0.148. The van der Waals surface area contributed by atoms with Crippen LogP contribution >= 0.6 is 11.8 Å². The largest absolute Gasteiger partial charge is 0.457 e. The van der Waals surface area contributed by atoms with Crippen LogP contribution in [0.2, 0.25) is 0 Å². The Hall–Kier alpha value is -3.85. The number of nitro groups is 1. The first kappa shape index (κ1) is 19.5. The third-order valence-electron chi connectivity index (χ3n) is 4.02. The van der Waals surface area contributed by atoms with Gasteiger partial charge < -0.3 is 14.5 Å². The van der Waals surface area contributed by atoms with Gasteiger partial charge in [0.1, 0.15) is 17.2 Å². The van der Waals surface area contributed by atoms with Gasteiger partial charge in [0.2, 0.25) is 0 Å². The molecule has 0 aliphatic carbocycles. The van der Waals surface area contributed by atoms with Gasteiger partial charge in [0.15, 0.2) is 5.16 Å². The zero-order valence-corrected chi connectivity index (χ0v) is 16.3. The topological polar surface area (TPSA) is 107 Å². The Balaban J connectivity index is 1.32. The maximum absolute atomic E-state index is 12.1. The van der Waals surface area contributed by atoms with Crippen molar-refractivity contribution in [2.24, 2.45) is 0 Å². The zero-order valence-electron chi connectivity index (χ0n) is 15.5. The van der Waals surface area contributed by atoms with Gasteiger partial charge in [-0.2, -0.15) is 0 Å². The highest BCUT2D eigenvalue weighted by molar-refractivity contribution is 7.99. The SMILES string of the molecule is O=C(CSc1nc2cc([N+](=O)[O-])ccc2[nH]1)Oc1ccc(Oc2ccccc2)cc1. The van der Waals surface area contributed by atoms with Gasteiger partial charge in [-0.3, -0.25) is 14.9 Å². The molecule has 0 radical (unpaired) electrons. The molecule has 3 aromatic carbocycles. The van der Waals surface area contributed by atoms with Crippen molar-refractivity contribution in [3.63, 3.8) is 0 Å². The van der Waals surface area contributed by atoms with Crippen molar-refractivity contribution in [1.82, 2.24) is 9.97 Å². The molecule has 30 heavy (non-hydrogen) atoms. The standard InChI is InChI=1S/C21H15N3O5S/c25-20(13-30-21-22-18-11-6-14(24(26)27)12-19(18)23-21)29-17-9-7-16(8-10-17)28-15-4-2-1-3-5-15/h1-12H,13H2,(H,22,23). The summed E-state index contributed by atoms with van der Waals surface area (Å²) < 4.78 is 11.0. The maximum Gasteiger partial charge on any atom is 0.321 e. The molecule has 0 spiro atoms. The van der Waals surface area contributed by atoms with E-state index >= 15 is 0 Å². The Morgan fingerprint density at radius 2 is 1.70 bits per heavy atom. The van der Waals surface area contributed by atoms with E-state index < -0.39 is 10.9 Å². The summed E-state index contributed by atoms with van der Waals surface area (Å²) in [6.45, 7) is 0. The van der Waals surface area contributed by atoms with E-state index in [0.29, 0.717) is 27.7 Å². The Labute approximate surface area is 175 Å². The molecule has 4 aromatic rings. The number of carbonyl (C=O) groups excluding carboxylic acids is 1. The van der Waals surface area contributed by atoms with Crippen LogP contribution in [0.4, 0.5) is 5.69 Å². The fraction of sp³-hybridized carbons (Fsp3) is 0.0476. The smallest absolute Gasteiger partial charge is 0.321 e. The number of nitro benzene ring substituents is 1. The number of hydrogen-bond acceptors (Lipinski definition) is 7. The number of benzene rings is 3. The number of para-hydroxylation sites is 1. The molecule has 9 heteroatoms. The van der Waals surface area contributed by atoms with Crippen LogP contribution in [0.25, 0.3) is 11.0 Å². The van der Waals surface area contributed by atoms with Crippen LogP contribution in [-0.2, 0) is 4.79 Å². The van der Waals surface area contributed by atoms with E-state index in [9.17, 15) is 14.9 Å². The first-order valence-electron chi connectivity index (χ1n) is 8.87. The van der Waals surface area contributed by atoms with Crippen molar-refractivity contribution in [3.05, 3.63) is 82.9 Å². The van der Waals surface area contributed by atoms with E-state index in [2.05, 4.69) is 9.97 Å². The lowest BCUT2D eigenvalue weighted by Crippen LogP contribution is -2.10. The van der Waals surface area contributed by atoms with Crippen molar-refractivity contribution in [3.8, 4) is 17.2 Å². The second-order valence-electron chi connectivity index (χ2n) is 6.15. The summed E-state index contributed by atoms with van der Waals surface area (Å²) in [6, 6.07) is 20.5. The minimum Gasteiger partial charge on any atom is -0.457 e. The van der Waals surface area contributed by atoms with Crippen LogP contribution in [0.3, 0.4) is 0 Å². The van der Waals surface area contributed by atoms with Gasteiger partial charge in [0, 0.05) is 12.1 Å². The summed E-state index contributed by atoms with van der Waals surface area (Å²) in [5.74, 6) is 1.34.